The Balaban J connectivity index is 1.66. The van der Waals surface area contributed by atoms with Crippen LogP contribution in [0, 0.1) is 0 Å². The molecule has 1 fully saturated rings. The second kappa shape index (κ2) is 6.57. The molecule has 1 unspecified atom stereocenters. The van der Waals surface area contributed by atoms with Gasteiger partial charge < -0.3 is 10.6 Å². The Morgan fingerprint density at radius 3 is 2.76 bits per heavy atom. The second-order valence-electron chi connectivity index (χ2n) is 4.78. The van der Waals surface area contributed by atoms with Crippen LogP contribution in [0.1, 0.15) is 16.8 Å². The molecule has 1 aliphatic heterocycles. The van der Waals surface area contributed by atoms with Crippen LogP contribution >= 0.6 is 0 Å². The van der Waals surface area contributed by atoms with Crippen LogP contribution in [0.2, 0.25) is 0 Å². The zero-order chi connectivity index (χ0) is 15.3. The molecule has 0 saturated carbocycles. The van der Waals surface area contributed by atoms with Crippen LogP contribution in [-0.4, -0.2) is 48.4 Å². The van der Waals surface area contributed by atoms with E-state index < -0.39 is 30.8 Å². The summed E-state index contributed by atoms with van der Waals surface area (Å²) in [4.78, 5) is 27.1. The molecule has 2 rings (SSSR count). The quantitative estimate of drug-likeness (QED) is 0.664. The summed E-state index contributed by atoms with van der Waals surface area (Å²) in [7, 11) is 0. The maximum Gasteiger partial charge on any atom is 0.262 e. The van der Waals surface area contributed by atoms with Gasteiger partial charge in [-0.2, -0.15) is 0 Å². The zero-order valence-electron chi connectivity index (χ0n) is 11.2. The first-order valence-electron chi connectivity index (χ1n) is 6.55. The molecule has 0 aliphatic carbocycles. The lowest BCUT2D eigenvalue weighted by atomic mass is 10.2. The molecule has 0 spiro atoms. The van der Waals surface area contributed by atoms with Crippen molar-refractivity contribution in [1.82, 2.24) is 20.9 Å². The Morgan fingerprint density at radius 1 is 1.38 bits per heavy atom. The Morgan fingerprint density at radius 2 is 2.14 bits per heavy atom. The van der Waals surface area contributed by atoms with Crippen molar-refractivity contribution >= 4 is 11.8 Å². The number of nitrogens with zero attached hydrogens (tertiary/aromatic N) is 1. The van der Waals surface area contributed by atoms with Gasteiger partial charge in [0.15, 0.2) is 0 Å². The molecule has 8 heteroatoms. The van der Waals surface area contributed by atoms with E-state index in [2.05, 4.69) is 20.9 Å². The van der Waals surface area contributed by atoms with Gasteiger partial charge in [-0.15, -0.1) is 0 Å². The molecule has 21 heavy (non-hydrogen) atoms. The molecule has 1 saturated heterocycles. The lowest BCUT2D eigenvalue weighted by molar-refractivity contribution is -0.123. The molecule has 2 heterocycles. The number of nitrogens with one attached hydrogen (secondary N) is 3. The molecule has 114 valence electrons. The van der Waals surface area contributed by atoms with Gasteiger partial charge in [0.1, 0.15) is 0 Å². The van der Waals surface area contributed by atoms with E-state index in [1.165, 1.54) is 6.20 Å². The summed E-state index contributed by atoms with van der Waals surface area (Å²) >= 11 is 0. The maximum atomic E-state index is 12.9. The van der Waals surface area contributed by atoms with Crippen LogP contribution in [-0.2, 0) is 4.79 Å². The Labute approximate surface area is 120 Å². The molecular formula is C13H16F2N4O2. The van der Waals surface area contributed by atoms with Crippen LogP contribution in [0.5, 0.6) is 0 Å². The number of amides is 2. The largest absolute Gasteiger partial charge is 0.353 e. The average molecular weight is 298 g/mol. The first-order chi connectivity index (χ1) is 9.98. The summed E-state index contributed by atoms with van der Waals surface area (Å²) in [5.74, 6) is -3.62. The number of rotatable bonds is 5. The maximum absolute atomic E-state index is 12.9. The van der Waals surface area contributed by atoms with Gasteiger partial charge >= 0.3 is 0 Å². The first kappa shape index (κ1) is 15.3. The van der Waals surface area contributed by atoms with E-state index in [1.807, 2.05) is 0 Å². The molecule has 1 atom stereocenters. The summed E-state index contributed by atoms with van der Waals surface area (Å²) in [6.45, 7) is -0.0972. The molecule has 0 bridgehead atoms. The lowest BCUT2D eigenvalue weighted by Gasteiger charge is -2.11. The normalized spacial score (nSPS) is 20.0. The third-order valence-corrected chi connectivity index (χ3v) is 3.06. The highest BCUT2D eigenvalue weighted by Gasteiger charge is 2.42. The number of carbonyl (C=O) groups is 2. The van der Waals surface area contributed by atoms with Gasteiger partial charge in [-0.25, -0.2) is 8.78 Å². The third kappa shape index (κ3) is 4.45. The second-order valence-corrected chi connectivity index (χ2v) is 4.78. The van der Waals surface area contributed by atoms with Crippen molar-refractivity contribution in [2.75, 3.05) is 19.6 Å². The topological polar surface area (TPSA) is 83.1 Å². The van der Waals surface area contributed by atoms with Gasteiger partial charge in [-0.05, 0) is 12.1 Å². The predicted octanol–water partition coefficient (Wildman–Crippen LogP) is -0.0752. The highest BCUT2D eigenvalue weighted by atomic mass is 19.3. The van der Waals surface area contributed by atoms with Gasteiger partial charge in [-0.3, -0.25) is 19.9 Å². The van der Waals surface area contributed by atoms with Gasteiger partial charge in [0, 0.05) is 31.9 Å². The fourth-order valence-corrected chi connectivity index (χ4v) is 1.98. The van der Waals surface area contributed by atoms with Crippen LogP contribution in [0.15, 0.2) is 24.5 Å². The number of alkyl halides is 2. The summed E-state index contributed by atoms with van der Waals surface area (Å²) in [5.41, 5.74) is 0.418. The van der Waals surface area contributed by atoms with Gasteiger partial charge in [0.2, 0.25) is 5.91 Å². The molecular weight excluding hydrogens is 282 g/mol. The van der Waals surface area contributed by atoms with E-state index >= 15 is 0 Å². The minimum Gasteiger partial charge on any atom is -0.353 e. The van der Waals surface area contributed by atoms with Gasteiger partial charge in [-0.1, -0.05) is 0 Å². The van der Waals surface area contributed by atoms with Crippen molar-refractivity contribution in [2.45, 2.75) is 18.4 Å². The number of hydrogen-bond acceptors (Lipinski definition) is 4. The summed E-state index contributed by atoms with van der Waals surface area (Å²) < 4.78 is 25.9. The number of hydrogen-bond donors (Lipinski definition) is 3. The standard InChI is InChI=1S/C13H16F2N4O2/c14-13(15)6-10(19-8-13)12(21)18-5-4-17-11(20)9-2-1-3-16-7-9/h1-3,7,10,19H,4-6,8H2,(H,17,20)(H,18,21). The zero-order valence-corrected chi connectivity index (χ0v) is 11.2. The Bertz CT molecular complexity index is 510. The minimum atomic E-state index is -2.84. The minimum absolute atomic E-state index is 0.175. The first-order valence-corrected chi connectivity index (χ1v) is 6.55. The van der Waals surface area contributed by atoms with E-state index in [0.717, 1.165) is 0 Å². The van der Waals surface area contributed by atoms with Crippen molar-refractivity contribution in [2.24, 2.45) is 0 Å². The monoisotopic (exact) mass is 298 g/mol. The van der Waals surface area contributed by atoms with Crippen molar-refractivity contribution in [3.05, 3.63) is 30.1 Å². The number of halogens is 2. The molecule has 0 radical (unpaired) electrons. The molecule has 6 nitrogen and oxygen atoms in total. The number of aromatic nitrogens is 1. The summed E-state index contributed by atoms with van der Waals surface area (Å²) in [5, 5.41) is 7.57. The van der Waals surface area contributed by atoms with Crippen LogP contribution in [0.4, 0.5) is 8.78 Å². The van der Waals surface area contributed by atoms with Crippen molar-refractivity contribution < 1.29 is 18.4 Å². The third-order valence-electron chi connectivity index (χ3n) is 3.06. The lowest BCUT2D eigenvalue weighted by Crippen LogP contribution is -2.43. The van der Waals surface area contributed by atoms with E-state index in [1.54, 1.807) is 18.3 Å². The molecule has 0 aromatic carbocycles. The van der Waals surface area contributed by atoms with E-state index in [0.29, 0.717) is 5.56 Å². The summed E-state index contributed by atoms with van der Waals surface area (Å²) in [6.07, 6.45) is 2.49. The predicted molar refractivity (Wildman–Crippen MR) is 70.9 cm³/mol. The van der Waals surface area contributed by atoms with Crippen molar-refractivity contribution in [1.29, 1.82) is 0 Å². The molecule has 3 N–H and O–H groups in total. The SMILES string of the molecule is O=C(NCCNC(=O)C1CC(F)(F)CN1)c1cccnc1. The van der Waals surface area contributed by atoms with Crippen LogP contribution in [0.25, 0.3) is 0 Å². The highest BCUT2D eigenvalue weighted by Crippen LogP contribution is 2.24. The van der Waals surface area contributed by atoms with Crippen LogP contribution < -0.4 is 16.0 Å². The molecule has 1 aliphatic rings. The summed E-state index contributed by atoms with van der Waals surface area (Å²) in [6, 6.07) is 2.38. The average Bonchev–Trinajstić information content (AvgIpc) is 2.84. The number of pyridine rings is 1. The van der Waals surface area contributed by atoms with E-state index in [9.17, 15) is 18.4 Å². The Kier molecular flexibility index (Phi) is 4.79. The van der Waals surface area contributed by atoms with Crippen LogP contribution in [0.3, 0.4) is 0 Å². The van der Waals surface area contributed by atoms with Gasteiger partial charge in [0.05, 0.1) is 18.2 Å². The number of carbonyl (C=O) groups excluding carboxylic acids is 2. The molecule has 1 aromatic heterocycles. The fourth-order valence-electron chi connectivity index (χ4n) is 1.98. The smallest absolute Gasteiger partial charge is 0.262 e. The molecule has 2 amide bonds. The van der Waals surface area contributed by atoms with E-state index in [-0.39, 0.29) is 19.0 Å². The Hall–Kier alpha value is -2.09. The van der Waals surface area contributed by atoms with Crippen molar-refractivity contribution in [3.8, 4) is 0 Å². The van der Waals surface area contributed by atoms with Gasteiger partial charge in [0.25, 0.3) is 11.8 Å². The fraction of sp³-hybridized carbons (Fsp3) is 0.462. The highest BCUT2D eigenvalue weighted by molar-refractivity contribution is 5.93. The van der Waals surface area contributed by atoms with E-state index in [4.69, 9.17) is 0 Å². The molecule has 1 aromatic rings. The van der Waals surface area contributed by atoms with Crippen molar-refractivity contribution in [3.63, 3.8) is 0 Å².